The van der Waals surface area contributed by atoms with Gasteiger partial charge >= 0.3 is 0 Å². The third-order valence-electron chi connectivity index (χ3n) is 4.57. The summed E-state index contributed by atoms with van der Waals surface area (Å²) in [4.78, 5) is 16.7. The second-order valence-electron chi connectivity index (χ2n) is 6.32. The Morgan fingerprint density at radius 1 is 1.08 bits per heavy atom. The van der Waals surface area contributed by atoms with Gasteiger partial charge in [0.25, 0.3) is 5.91 Å². The van der Waals surface area contributed by atoms with E-state index in [-0.39, 0.29) is 11.7 Å². The van der Waals surface area contributed by atoms with Crippen LogP contribution in [-0.2, 0) is 7.05 Å². The number of hydrogen-bond donors (Lipinski definition) is 0. The van der Waals surface area contributed by atoms with Crippen LogP contribution in [0.15, 0.2) is 53.2 Å². The molecule has 7 heteroatoms. The first-order valence-corrected chi connectivity index (χ1v) is 8.49. The number of piperazine rings is 1. The molecule has 3 heterocycles. The summed E-state index contributed by atoms with van der Waals surface area (Å²) in [5.41, 5.74) is 1.81. The van der Waals surface area contributed by atoms with Crippen LogP contribution >= 0.6 is 0 Å². The quantitative estimate of drug-likeness (QED) is 0.726. The molecule has 1 aromatic carbocycles. The highest BCUT2D eigenvalue weighted by Crippen LogP contribution is 2.24. The number of halogens is 1. The number of benzene rings is 1. The average molecular weight is 354 g/mol. The summed E-state index contributed by atoms with van der Waals surface area (Å²) in [5, 5.41) is 4.19. The number of carbonyl (C=O) groups excluding carboxylic acids is 1. The third kappa shape index (κ3) is 3.20. The van der Waals surface area contributed by atoms with Crippen molar-refractivity contribution in [3.8, 4) is 11.3 Å². The fourth-order valence-electron chi connectivity index (χ4n) is 3.12. The van der Waals surface area contributed by atoms with Crippen molar-refractivity contribution in [1.29, 1.82) is 0 Å². The van der Waals surface area contributed by atoms with E-state index in [0.29, 0.717) is 24.6 Å². The fraction of sp³-hybridized carbons (Fsp3) is 0.263. The van der Waals surface area contributed by atoms with Crippen molar-refractivity contribution in [2.45, 2.75) is 0 Å². The van der Waals surface area contributed by atoms with Gasteiger partial charge in [0.2, 0.25) is 0 Å². The number of anilines is 1. The standard InChI is InChI=1S/C19H19FN4O2/c1-22-13-16(12-21-22)23-8-10-24(11-9-23)19(25)18-7-6-17(26-18)14-2-4-15(20)5-3-14/h2-7,12-13H,8-11H2,1H3. The van der Waals surface area contributed by atoms with Gasteiger partial charge in [0.1, 0.15) is 11.6 Å². The predicted octanol–water partition coefficient (Wildman–Crippen LogP) is 2.78. The Kier molecular flexibility index (Phi) is 4.20. The Morgan fingerprint density at radius 3 is 2.46 bits per heavy atom. The molecule has 0 spiro atoms. The van der Waals surface area contributed by atoms with E-state index in [1.807, 2.05) is 19.4 Å². The summed E-state index contributed by atoms with van der Waals surface area (Å²) in [7, 11) is 1.89. The highest BCUT2D eigenvalue weighted by molar-refractivity contribution is 5.92. The molecule has 2 aromatic heterocycles. The molecule has 6 nitrogen and oxygen atoms in total. The van der Waals surface area contributed by atoms with Crippen LogP contribution in [-0.4, -0.2) is 46.8 Å². The van der Waals surface area contributed by atoms with E-state index in [4.69, 9.17) is 4.42 Å². The van der Waals surface area contributed by atoms with Gasteiger partial charge in [0.05, 0.1) is 11.9 Å². The van der Waals surface area contributed by atoms with E-state index in [0.717, 1.165) is 24.3 Å². The molecule has 0 atom stereocenters. The van der Waals surface area contributed by atoms with Gasteiger partial charge in [-0.3, -0.25) is 9.48 Å². The summed E-state index contributed by atoms with van der Waals surface area (Å²) in [5.74, 6) is 0.439. The van der Waals surface area contributed by atoms with Gasteiger partial charge in [-0.1, -0.05) is 0 Å². The Balaban J connectivity index is 1.42. The number of rotatable bonds is 3. The number of aromatic nitrogens is 2. The first kappa shape index (κ1) is 16.4. The monoisotopic (exact) mass is 354 g/mol. The van der Waals surface area contributed by atoms with E-state index in [1.54, 1.807) is 33.8 Å². The van der Waals surface area contributed by atoms with Crippen LogP contribution < -0.4 is 4.90 Å². The number of carbonyl (C=O) groups is 1. The van der Waals surface area contributed by atoms with Crippen LogP contribution in [0.5, 0.6) is 0 Å². The van der Waals surface area contributed by atoms with Crippen molar-refractivity contribution in [2.75, 3.05) is 31.1 Å². The molecule has 134 valence electrons. The minimum Gasteiger partial charge on any atom is -0.451 e. The van der Waals surface area contributed by atoms with Crippen molar-refractivity contribution >= 4 is 11.6 Å². The lowest BCUT2D eigenvalue weighted by atomic mass is 10.2. The zero-order valence-electron chi connectivity index (χ0n) is 14.4. The zero-order chi connectivity index (χ0) is 18.1. The summed E-state index contributed by atoms with van der Waals surface area (Å²) in [6, 6.07) is 9.43. The van der Waals surface area contributed by atoms with Gasteiger partial charge < -0.3 is 14.2 Å². The molecule has 1 aliphatic rings. The largest absolute Gasteiger partial charge is 0.451 e. The minimum atomic E-state index is -0.303. The summed E-state index contributed by atoms with van der Waals surface area (Å²) < 4.78 is 20.5. The maximum absolute atomic E-state index is 13.0. The molecule has 0 N–H and O–H groups in total. The predicted molar refractivity (Wildman–Crippen MR) is 95.4 cm³/mol. The average Bonchev–Trinajstić information content (AvgIpc) is 3.31. The van der Waals surface area contributed by atoms with Crippen LogP contribution in [0.1, 0.15) is 10.6 Å². The molecular weight excluding hydrogens is 335 g/mol. The molecule has 1 amide bonds. The zero-order valence-corrected chi connectivity index (χ0v) is 14.4. The van der Waals surface area contributed by atoms with Crippen molar-refractivity contribution in [3.05, 3.63) is 60.4 Å². The number of nitrogens with zero attached hydrogens (tertiary/aromatic N) is 4. The number of furan rings is 1. The molecule has 0 saturated carbocycles. The summed E-state index contributed by atoms with van der Waals surface area (Å²) in [6.07, 6.45) is 3.80. The van der Waals surface area contributed by atoms with Crippen LogP contribution in [0.2, 0.25) is 0 Å². The molecule has 0 bridgehead atoms. The van der Waals surface area contributed by atoms with Gasteiger partial charge in [0.15, 0.2) is 5.76 Å². The van der Waals surface area contributed by atoms with Crippen molar-refractivity contribution in [2.24, 2.45) is 7.05 Å². The van der Waals surface area contributed by atoms with Crippen LogP contribution in [0, 0.1) is 5.82 Å². The fourth-order valence-corrected chi connectivity index (χ4v) is 3.12. The Morgan fingerprint density at radius 2 is 1.81 bits per heavy atom. The molecule has 1 aliphatic heterocycles. The molecule has 26 heavy (non-hydrogen) atoms. The number of aryl methyl sites for hydroxylation is 1. The number of hydrogen-bond acceptors (Lipinski definition) is 4. The molecule has 4 rings (SSSR count). The Labute approximate surface area is 150 Å². The normalized spacial score (nSPS) is 14.7. The Hall–Kier alpha value is -3.09. The van der Waals surface area contributed by atoms with Gasteiger partial charge in [-0.15, -0.1) is 0 Å². The maximum atomic E-state index is 13.0. The topological polar surface area (TPSA) is 54.5 Å². The number of amides is 1. The first-order chi connectivity index (χ1) is 12.6. The maximum Gasteiger partial charge on any atom is 0.289 e. The summed E-state index contributed by atoms with van der Waals surface area (Å²) in [6.45, 7) is 2.76. The molecule has 0 aliphatic carbocycles. The first-order valence-electron chi connectivity index (χ1n) is 8.49. The van der Waals surface area contributed by atoms with E-state index < -0.39 is 0 Å². The van der Waals surface area contributed by atoms with Crippen LogP contribution in [0.3, 0.4) is 0 Å². The van der Waals surface area contributed by atoms with Crippen molar-refractivity contribution in [3.63, 3.8) is 0 Å². The second kappa shape index (κ2) is 6.67. The highest BCUT2D eigenvalue weighted by atomic mass is 19.1. The lowest BCUT2D eigenvalue weighted by Crippen LogP contribution is -2.48. The van der Waals surface area contributed by atoms with E-state index in [2.05, 4.69) is 10.00 Å². The summed E-state index contributed by atoms with van der Waals surface area (Å²) >= 11 is 0. The van der Waals surface area contributed by atoms with E-state index in [1.165, 1.54) is 12.1 Å². The van der Waals surface area contributed by atoms with E-state index in [9.17, 15) is 9.18 Å². The van der Waals surface area contributed by atoms with Crippen LogP contribution in [0.4, 0.5) is 10.1 Å². The van der Waals surface area contributed by atoms with Gasteiger partial charge in [0, 0.05) is 45.0 Å². The molecule has 0 radical (unpaired) electrons. The molecule has 1 fully saturated rings. The smallest absolute Gasteiger partial charge is 0.289 e. The van der Waals surface area contributed by atoms with Gasteiger partial charge in [-0.25, -0.2) is 4.39 Å². The lowest BCUT2D eigenvalue weighted by molar-refractivity contribution is 0.0715. The second-order valence-corrected chi connectivity index (χ2v) is 6.32. The van der Waals surface area contributed by atoms with E-state index >= 15 is 0 Å². The van der Waals surface area contributed by atoms with Crippen molar-refractivity contribution < 1.29 is 13.6 Å². The molecule has 0 unspecified atom stereocenters. The molecular formula is C19H19FN4O2. The highest BCUT2D eigenvalue weighted by Gasteiger charge is 2.25. The molecule has 1 saturated heterocycles. The molecule has 3 aromatic rings. The van der Waals surface area contributed by atoms with Gasteiger partial charge in [-0.2, -0.15) is 5.10 Å². The SMILES string of the molecule is Cn1cc(N2CCN(C(=O)c3ccc(-c4ccc(F)cc4)o3)CC2)cn1. The third-order valence-corrected chi connectivity index (χ3v) is 4.57. The minimum absolute atomic E-state index is 0.121. The van der Waals surface area contributed by atoms with Crippen molar-refractivity contribution in [1.82, 2.24) is 14.7 Å². The Bertz CT molecular complexity index is 908. The van der Waals surface area contributed by atoms with Crippen LogP contribution in [0.25, 0.3) is 11.3 Å². The lowest BCUT2D eigenvalue weighted by Gasteiger charge is -2.34. The van der Waals surface area contributed by atoms with Gasteiger partial charge in [-0.05, 0) is 36.4 Å².